The minimum absolute atomic E-state index is 0.0632. The number of rotatable bonds is 3. The number of amides is 1. The van der Waals surface area contributed by atoms with Crippen molar-refractivity contribution in [2.75, 3.05) is 13.1 Å². The number of hydrogen-bond donors (Lipinski definition) is 2. The van der Waals surface area contributed by atoms with Crippen molar-refractivity contribution in [3.63, 3.8) is 0 Å². The predicted molar refractivity (Wildman–Crippen MR) is 56.6 cm³/mol. The molecule has 3 unspecified atom stereocenters. The van der Waals surface area contributed by atoms with Gasteiger partial charge in [-0.15, -0.1) is 0 Å². The Bertz CT molecular complexity index is 208. The number of carbonyl (C=O) groups excluding carboxylic acids is 1. The van der Waals surface area contributed by atoms with Gasteiger partial charge in [0, 0.05) is 24.5 Å². The van der Waals surface area contributed by atoms with Crippen molar-refractivity contribution in [1.82, 2.24) is 4.90 Å². The van der Waals surface area contributed by atoms with E-state index in [-0.39, 0.29) is 11.8 Å². The smallest absolute Gasteiger partial charge is 0.221 e. The average molecular weight is 199 g/mol. The molecule has 4 heteroatoms. The van der Waals surface area contributed by atoms with Crippen LogP contribution in [0, 0.1) is 5.92 Å². The van der Waals surface area contributed by atoms with E-state index in [1.165, 1.54) is 0 Å². The normalized spacial score (nSPS) is 31.4. The van der Waals surface area contributed by atoms with E-state index in [0.29, 0.717) is 12.1 Å². The summed E-state index contributed by atoms with van der Waals surface area (Å²) in [5, 5.41) is 0. The van der Waals surface area contributed by atoms with E-state index in [1.807, 2.05) is 6.92 Å². The van der Waals surface area contributed by atoms with E-state index in [2.05, 4.69) is 11.8 Å². The summed E-state index contributed by atoms with van der Waals surface area (Å²) >= 11 is 0. The molecule has 0 saturated carbocycles. The molecule has 0 aromatic rings. The standard InChI is InChI=1S/C10H21N3O/c1-7(10(12)14)6-13-4-3-9(11)5-8(13)2/h7-9H,3-6,11H2,1-2H3,(H2,12,14). The van der Waals surface area contributed by atoms with E-state index in [4.69, 9.17) is 11.5 Å². The van der Waals surface area contributed by atoms with Gasteiger partial charge in [-0.2, -0.15) is 0 Å². The lowest BCUT2D eigenvalue weighted by Crippen LogP contribution is -2.48. The van der Waals surface area contributed by atoms with Gasteiger partial charge in [0.05, 0.1) is 0 Å². The zero-order valence-corrected chi connectivity index (χ0v) is 9.07. The lowest BCUT2D eigenvalue weighted by atomic mass is 9.97. The van der Waals surface area contributed by atoms with Gasteiger partial charge in [-0.3, -0.25) is 9.69 Å². The Kier molecular flexibility index (Phi) is 3.89. The van der Waals surface area contributed by atoms with Gasteiger partial charge >= 0.3 is 0 Å². The average Bonchev–Trinajstić information content (AvgIpc) is 2.09. The third-order valence-electron chi connectivity index (χ3n) is 3.05. The maximum Gasteiger partial charge on any atom is 0.221 e. The number of primary amides is 1. The monoisotopic (exact) mass is 199 g/mol. The van der Waals surface area contributed by atoms with Crippen molar-refractivity contribution >= 4 is 5.91 Å². The Morgan fingerprint density at radius 3 is 2.79 bits per heavy atom. The minimum atomic E-state index is -0.216. The summed E-state index contributed by atoms with van der Waals surface area (Å²) in [4.78, 5) is 13.2. The zero-order chi connectivity index (χ0) is 10.7. The van der Waals surface area contributed by atoms with Crippen LogP contribution in [0.3, 0.4) is 0 Å². The first-order chi connectivity index (χ1) is 6.50. The molecule has 3 atom stereocenters. The second kappa shape index (κ2) is 4.75. The third kappa shape index (κ3) is 2.96. The van der Waals surface area contributed by atoms with Crippen LogP contribution >= 0.6 is 0 Å². The van der Waals surface area contributed by atoms with Crippen molar-refractivity contribution in [1.29, 1.82) is 0 Å². The van der Waals surface area contributed by atoms with Crippen molar-refractivity contribution < 1.29 is 4.79 Å². The Balaban J connectivity index is 2.41. The van der Waals surface area contributed by atoms with Gasteiger partial charge in [0.15, 0.2) is 0 Å². The molecule has 1 fully saturated rings. The quantitative estimate of drug-likeness (QED) is 0.667. The Labute approximate surface area is 85.6 Å². The van der Waals surface area contributed by atoms with Crippen LogP contribution in [-0.4, -0.2) is 36.0 Å². The van der Waals surface area contributed by atoms with Gasteiger partial charge in [0.2, 0.25) is 5.91 Å². The van der Waals surface area contributed by atoms with E-state index in [1.54, 1.807) is 0 Å². The van der Waals surface area contributed by atoms with Crippen LogP contribution in [0.2, 0.25) is 0 Å². The minimum Gasteiger partial charge on any atom is -0.369 e. The lowest BCUT2D eigenvalue weighted by Gasteiger charge is -2.37. The highest BCUT2D eigenvalue weighted by Gasteiger charge is 2.25. The Morgan fingerprint density at radius 2 is 2.29 bits per heavy atom. The molecule has 0 aromatic heterocycles. The highest BCUT2D eigenvalue weighted by molar-refractivity contribution is 5.76. The van der Waals surface area contributed by atoms with Crippen LogP contribution in [0.15, 0.2) is 0 Å². The summed E-state index contributed by atoms with van der Waals surface area (Å²) < 4.78 is 0. The molecule has 1 rings (SSSR count). The molecule has 0 spiro atoms. The predicted octanol–water partition coefficient (Wildman–Crippen LogP) is -0.0806. The van der Waals surface area contributed by atoms with Gasteiger partial charge in [-0.1, -0.05) is 6.92 Å². The topological polar surface area (TPSA) is 72.3 Å². The largest absolute Gasteiger partial charge is 0.369 e. The molecule has 4 N–H and O–H groups in total. The van der Waals surface area contributed by atoms with Crippen molar-refractivity contribution in [2.24, 2.45) is 17.4 Å². The molecule has 1 aliphatic heterocycles. The first kappa shape index (κ1) is 11.5. The number of nitrogens with zero attached hydrogens (tertiary/aromatic N) is 1. The Morgan fingerprint density at radius 1 is 1.64 bits per heavy atom. The van der Waals surface area contributed by atoms with E-state index < -0.39 is 0 Å². The fourth-order valence-electron chi connectivity index (χ4n) is 1.97. The van der Waals surface area contributed by atoms with Crippen LogP contribution in [0.4, 0.5) is 0 Å². The molecule has 1 aliphatic rings. The summed E-state index contributed by atoms with van der Waals surface area (Å²) in [7, 11) is 0. The van der Waals surface area contributed by atoms with Crippen molar-refractivity contribution in [2.45, 2.75) is 38.8 Å². The van der Waals surface area contributed by atoms with Crippen molar-refractivity contribution in [3.8, 4) is 0 Å². The number of piperidine rings is 1. The number of carbonyl (C=O) groups is 1. The van der Waals surface area contributed by atoms with Gasteiger partial charge in [0.25, 0.3) is 0 Å². The molecule has 0 bridgehead atoms. The molecular weight excluding hydrogens is 178 g/mol. The molecular formula is C10H21N3O. The summed E-state index contributed by atoms with van der Waals surface area (Å²) in [5.74, 6) is -0.279. The maximum atomic E-state index is 10.9. The third-order valence-corrected chi connectivity index (χ3v) is 3.05. The lowest BCUT2D eigenvalue weighted by molar-refractivity contribution is -0.122. The molecule has 0 aliphatic carbocycles. The van der Waals surface area contributed by atoms with Gasteiger partial charge in [-0.25, -0.2) is 0 Å². The first-order valence-electron chi connectivity index (χ1n) is 5.29. The number of hydrogen-bond acceptors (Lipinski definition) is 3. The molecule has 82 valence electrons. The van der Waals surface area contributed by atoms with E-state index in [0.717, 1.165) is 25.9 Å². The first-order valence-corrected chi connectivity index (χ1v) is 5.29. The molecule has 1 heterocycles. The van der Waals surface area contributed by atoms with Gasteiger partial charge in [0.1, 0.15) is 0 Å². The highest BCUT2D eigenvalue weighted by Crippen LogP contribution is 2.17. The number of likely N-dealkylation sites (tertiary alicyclic amines) is 1. The second-order valence-corrected chi connectivity index (χ2v) is 4.43. The van der Waals surface area contributed by atoms with Crippen LogP contribution < -0.4 is 11.5 Å². The summed E-state index contributed by atoms with van der Waals surface area (Å²) in [6.07, 6.45) is 2.04. The van der Waals surface area contributed by atoms with Gasteiger partial charge < -0.3 is 11.5 Å². The van der Waals surface area contributed by atoms with Gasteiger partial charge in [-0.05, 0) is 26.3 Å². The maximum absolute atomic E-state index is 10.9. The fourth-order valence-corrected chi connectivity index (χ4v) is 1.97. The van der Waals surface area contributed by atoms with E-state index in [9.17, 15) is 4.79 Å². The fraction of sp³-hybridized carbons (Fsp3) is 0.900. The summed E-state index contributed by atoms with van der Waals surface area (Å²) in [5.41, 5.74) is 11.1. The Hall–Kier alpha value is -0.610. The molecule has 14 heavy (non-hydrogen) atoms. The molecule has 4 nitrogen and oxygen atoms in total. The van der Waals surface area contributed by atoms with Crippen LogP contribution in [0.5, 0.6) is 0 Å². The molecule has 0 radical (unpaired) electrons. The summed E-state index contributed by atoms with van der Waals surface area (Å²) in [6, 6.07) is 0.797. The van der Waals surface area contributed by atoms with Crippen LogP contribution in [0.1, 0.15) is 26.7 Å². The molecule has 0 aromatic carbocycles. The van der Waals surface area contributed by atoms with Crippen LogP contribution in [0.25, 0.3) is 0 Å². The second-order valence-electron chi connectivity index (χ2n) is 4.43. The molecule has 1 amide bonds. The molecule has 1 saturated heterocycles. The number of nitrogens with two attached hydrogens (primary N) is 2. The zero-order valence-electron chi connectivity index (χ0n) is 9.07. The van der Waals surface area contributed by atoms with Crippen molar-refractivity contribution in [3.05, 3.63) is 0 Å². The highest BCUT2D eigenvalue weighted by atomic mass is 16.1. The van der Waals surface area contributed by atoms with Crippen LogP contribution in [-0.2, 0) is 4.79 Å². The SMILES string of the molecule is CC(CN1CCC(N)CC1C)C(N)=O. The van der Waals surface area contributed by atoms with E-state index >= 15 is 0 Å². The summed E-state index contributed by atoms with van der Waals surface area (Å²) in [6.45, 7) is 5.79.